The Bertz CT molecular complexity index is 1930. The van der Waals surface area contributed by atoms with E-state index < -0.39 is 40.8 Å². The van der Waals surface area contributed by atoms with Crippen LogP contribution in [0.5, 0.6) is 0 Å². The van der Waals surface area contributed by atoms with E-state index >= 15 is 0 Å². The summed E-state index contributed by atoms with van der Waals surface area (Å²) in [6, 6.07) is 18.1. The number of thioether (sulfide) groups is 1. The van der Waals surface area contributed by atoms with Crippen LogP contribution in [0, 0.1) is 5.92 Å². The van der Waals surface area contributed by atoms with Gasteiger partial charge >= 0.3 is 10.8 Å². The number of nitrogens with one attached hydrogen (secondary N) is 1. The average molecular weight is 747 g/mol. The first-order valence-electron chi connectivity index (χ1n) is 13.6. The third-order valence-electron chi connectivity index (χ3n) is 7.40. The number of ether oxygens (including phenoxy) is 1. The van der Waals surface area contributed by atoms with E-state index in [1.165, 1.54) is 34.9 Å². The number of esters is 1. The van der Waals surface area contributed by atoms with Crippen LogP contribution < -0.4 is 15.1 Å². The summed E-state index contributed by atoms with van der Waals surface area (Å²) in [7, 11) is 0. The summed E-state index contributed by atoms with van der Waals surface area (Å²) in [6.45, 7) is 1.60. The van der Waals surface area contributed by atoms with Gasteiger partial charge in [0.1, 0.15) is 11.8 Å². The Balaban J connectivity index is 1.37. The summed E-state index contributed by atoms with van der Waals surface area (Å²) in [5.74, 6) is -3.29. The second-order valence-electron chi connectivity index (χ2n) is 10.2. The van der Waals surface area contributed by atoms with E-state index in [-0.39, 0.29) is 23.0 Å². The summed E-state index contributed by atoms with van der Waals surface area (Å²) < 4.78 is 7.15. The second kappa shape index (κ2) is 12.8. The number of benzene rings is 3. The minimum Gasteiger partial charge on any atom is -0.462 e. The minimum atomic E-state index is -0.864. The van der Waals surface area contributed by atoms with E-state index in [1.54, 1.807) is 19.1 Å². The average Bonchev–Trinajstić information content (AvgIpc) is 3.45. The molecule has 1 saturated heterocycles. The summed E-state index contributed by atoms with van der Waals surface area (Å²) in [5, 5.41) is 2.93. The maximum absolute atomic E-state index is 14.1. The first-order valence-corrected chi connectivity index (χ1v) is 16.9. The molecule has 45 heavy (non-hydrogen) atoms. The number of halogens is 3. The fraction of sp³-hybridized carbons (Fsp3) is 0.194. The van der Waals surface area contributed by atoms with Crippen molar-refractivity contribution in [2.45, 2.75) is 29.7 Å². The molecule has 0 unspecified atom stereocenters. The molecule has 3 aromatic carbocycles. The van der Waals surface area contributed by atoms with Gasteiger partial charge in [0.15, 0.2) is 0 Å². The molecule has 4 aromatic rings. The zero-order chi connectivity index (χ0) is 32.0. The van der Waals surface area contributed by atoms with E-state index in [9.17, 15) is 24.0 Å². The monoisotopic (exact) mass is 745 g/mol. The van der Waals surface area contributed by atoms with Crippen LogP contribution in [-0.2, 0) is 25.7 Å². The number of hydrogen-bond donors (Lipinski definition) is 1. The minimum absolute atomic E-state index is 0.216. The van der Waals surface area contributed by atoms with Gasteiger partial charge in [-0.1, -0.05) is 74.4 Å². The van der Waals surface area contributed by atoms with Gasteiger partial charge in [-0.2, -0.15) is 0 Å². The van der Waals surface area contributed by atoms with Crippen molar-refractivity contribution in [1.82, 2.24) is 4.57 Å². The standard InChI is InChI=1S/C31H22BrCl2N3O6S2/c1-2-43-30(41)15-6-9-19(10-7-15)37-27(39)24-23(16-4-3-5-17(32)12-16)26-29(44-25(24)28(37)40)36(31(42)45-26)14-22(38)35-18-8-11-20(33)21(34)13-18/h3-13,23-25H,2,14H2,1H3,(H,35,38)/t23-,24-,25+/m0/s1. The molecule has 3 amide bonds. The van der Waals surface area contributed by atoms with E-state index in [2.05, 4.69) is 21.2 Å². The summed E-state index contributed by atoms with van der Waals surface area (Å²) in [6.07, 6.45) is 0. The van der Waals surface area contributed by atoms with E-state index in [0.29, 0.717) is 31.9 Å². The molecule has 0 bridgehead atoms. The Labute approximate surface area is 283 Å². The van der Waals surface area contributed by atoms with Crippen molar-refractivity contribution in [3.8, 4) is 0 Å². The zero-order valence-corrected chi connectivity index (χ0v) is 28.0. The van der Waals surface area contributed by atoms with Crippen LogP contribution >= 0.6 is 62.2 Å². The molecule has 3 heterocycles. The number of rotatable bonds is 7. The van der Waals surface area contributed by atoms with E-state index in [4.69, 9.17) is 27.9 Å². The molecule has 0 spiro atoms. The quantitative estimate of drug-likeness (QED) is 0.168. The lowest BCUT2D eigenvalue weighted by Gasteiger charge is -2.30. The first kappa shape index (κ1) is 31.6. The highest BCUT2D eigenvalue weighted by Crippen LogP contribution is 2.54. The number of carbonyl (C=O) groups excluding carboxylic acids is 4. The Morgan fingerprint density at radius 1 is 0.978 bits per heavy atom. The third-order valence-corrected chi connectivity index (χ3v) is 11.2. The number of hydrogen-bond acceptors (Lipinski definition) is 8. The van der Waals surface area contributed by atoms with Crippen LogP contribution in [0.15, 0.2) is 81.0 Å². The van der Waals surface area contributed by atoms with Crippen LogP contribution in [0.25, 0.3) is 0 Å². The predicted octanol–water partition coefficient (Wildman–Crippen LogP) is 6.59. The summed E-state index contributed by atoms with van der Waals surface area (Å²) in [5.41, 5.74) is 1.77. The first-order chi connectivity index (χ1) is 21.6. The molecule has 9 nitrogen and oxygen atoms in total. The summed E-state index contributed by atoms with van der Waals surface area (Å²) in [4.78, 5) is 68.0. The Hall–Kier alpha value is -3.42. The lowest BCUT2D eigenvalue weighted by molar-refractivity contribution is -0.122. The van der Waals surface area contributed by atoms with Crippen molar-refractivity contribution in [3.63, 3.8) is 0 Å². The van der Waals surface area contributed by atoms with Crippen molar-refractivity contribution in [2.75, 3.05) is 16.8 Å². The molecule has 1 aromatic heterocycles. The van der Waals surface area contributed by atoms with Crippen LogP contribution in [0.1, 0.15) is 33.6 Å². The Morgan fingerprint density at radius 3 is 2.42 bits per heavy atom. The second-order valence-corrected chi connectivity index (χ2v) is 14.0. The number of nitrogens with zero attached hydrogens (tertiary/aromatic N) is 2. The third kappa shape index (κ3) is 5.97. The van der Waals surface area contributed by atoms with Crippen molar-refractivity contribution >= 4 is 97.3 Å². The molecule has 2 aliphatic heterocycles. The largest absolute Gasteiger partial charge is 0.462 e. The molecule has 6 rings (SSSR count). The summed E-state index contributed by atoms with van der Waals surface area (Å²) >= 11 is 17.6. The number of fused-ring (bicyclic) bond motifs is 2. The highest BCUT2D eigenvalue weighted by molar-refractivity contribution is 9.10. The predicted molar refractivity (Wildman–Crippen MR) is 178 cm³/mol. The molecule has 1 N–H and O–H groups in total. The number of anilines is 2. The fourth-order valence-electron chi connectivity index (χ4n) is 5.45. The van der Waals surface area contributed by atoms with Gasteiger partial charge in [0, 0.05) is 21.0 Å². The SMILES string of the molecule is CCOC(=O)c1ccc(N2C(=O)[C@H]3[C@H](c4cccc(Br)c4)c4sc(=O)n(CC(=O)Nc5ccc(Cl)c(Cl)c5)c4S[C@H]3C2=O)cc1. The maximum atomic E-state index is 14.1. The van der Waals surface area contributed by atoms with Gasteiger partial charge in [-0.05, 0) is 67.1 Å². The van der Waals surface area contributed by atoms with Crippen LogP contribution in [0.4, 0.5) is 11.4 Å². The maximum Gasteiger partial charge on any atom is 0.338 e. The zero-order valence-electron chi connectivity index (χ0n) is 23.3. The van der Waals surface area contributed by atoms with E-state index in [1.807, 2.05) is 24.3 Å². The highest BCUT2D eigenvalue weighted by atomic mass is 79.9. The Kier molecular flexibility index (Phi) is 8.95. The number of amides is 3. The molecule has 1 fully saturated rings. The van der Waals surface area contributed by atoms with Crippen molar-refractivity contribution in [2.24, 2.45) is 5.92 Å². The topological polar surface area (TPSA) is 115 Å². The lowest BCUT2D eigenvalue weighted by Crippen LogP contribution is -2.33. The molecule has 0 radical (unpaired) electrons. The molecule has 2 aliphatic rings. The van der Waals surface area contributed by atoms with Crippen molar-refractivity contribution in [1.29, 1.82) is 0 Å². The number of carbonyl (C=O) groups is 4. The van der Waals surface area contributed by atoms with Gasteiger partial charge in [-0.15, -0.1) is 0 Å². The normalized spacial score (nSPS) is 18.8. The number of thiazole rings is 1. The molecule has 3 atom stereocenters. The molecular weight excluding hydrogens is 725 g/mol. The molecule has 230 valence electrons. The molecular formula is C31H22BrCl2N3O6S2. The Morgan fingerprint density at radius 2 is 1.73 bits per heavy atom. The molecule has 0 saturated carbocycles. The smallest absolute Gasteiger partial charge is 0.338 e. The van der Waals surface area contributed by atoms with Gasteiger partial charge < -0.3 is 10.1 Å². The number of imide groups is 1. The van der Waals surface area contributed by atoms with Crippen LogP contribution in [0.3, 0.4) is 0 Å². The van der Waals surface area contributed by atoms with Gasteiger partial charge in [-0.3, -0.25) is 23.7 Å². The molecule has 14 heteroatoms. The number of aromatic nitrogens is 1. The molecule has 0 aliphatic carbocycles. The van der Waals surface area contributed by atoms with Gasteiger partial charge in [0.05, 0.1) is 38.8 Å². The van der Waals surface area contributed by atoms with Crippen molar-refractivity contribution < 1.29 is 23.9 Å². The van der Waals surface area contributed by atoms with E-state index in [0.717, 1.165) is 38.0 Å². The van der Waals surface area contributed by atoms with Gasteiger partial charge in [-0.25, -0.2) is 9.69 Å². The van der Waals surface area contributed by atoms with Crippen molar-refractivity contribution in [3.05, 3.63) is 107 Å². The lowest BCUT2D eigenvalue weighted by atomic mass is 9.83. The van der Waals surface area contributed by atoms with Gasteiger partial charge in [0.25, 0.3) is 0 Å². The highest BCUT2D eigenvalue weighted by Gasteiger charge is 2.56. The van der Waals surface area contributed by atoms with Crippen LogP contribution in [0.2, 0.25) is 10.0 Å². The van der Waals surface area contributed by atoms with Crippen LogP contribution in [-0.4, -0.2) is 40.1 Å². The fourth-order valence-corrected chi connectivity index (χ4v) is 8.94. The van der Waals surface area contributed by atoms with Gasteiger partial charge in [0.2, 0.25) is 17.7 Å².